The third-order valence-corrected chi connectivity index (χ3v) is 6.06. The lowest BCUT2D eigenvalue weighted by molar-refractivity contribution is 0.0675. The van der Waals surface area contributed by atoms with Crippen LogP contribution in [-0.2, 0) is 20.3 Å². The molecule has 0 saturated heterocycles. The Balaban J connectivity index is 1.53. The van der Waals surface area contributed by atoms with Gasteiger partial charge in [0.25, 0.3) is 5.91 Å². The molecule has 1 aliphatic rings. The molecule has 0 unspecified atom stereocenters. The average molecular weight is 439 g/mol. The number of aryl methyl sites for hydroxylation is 1. The standard InChI is InChI=1S/C23H20F3N5O/c1-13-20-19(21(29(2)28-20)14-9-15(25)11-16(26)10-14)5-8-31(13)23(32)18-3-6-27-22-17(18)4-7-30(22)12-24/h3-4,6-7,9-11,13H,5,8,12H2,1-2H3/t13-/m0/s1. The van der Waals surface area contributed by atoms with Gasteiger partial charge in [-0.05, 0) is 37.6 Å². The van der Waals surface area contributed by atoms with Crippen LogP contribution in [0.5, 0.6) is 0 Å². The maximum Gasteiger partial charge on any atom is 0.255 e. The summed E-state index contributed by atoms with van der Waals surface area (Å²) in [6.07, 6.45) is 3.56. The molecule has 4 heterocycles. The lowest BCUT2D eigenvalue weighted by Gasteiger charge is -2.33. The number of fused-ring (bicyclic) bond motifs is 2. The number of rotatable bonds is 3. The zero-order valence-electron chi connectivity index (χ0n) is 17.5. The second-order valence-electron chi connectivity index (χ2n) is 7.92. The van der Waals surface area contributed by atoms with Gasteiger partial charge in [0.1, 0.15) is 17.3 Å². The number of carbonyl (C=O) groups is 1. The lowest BCUT2D eigenvalue weighted by atomic mass is 9.95. The van der Waals surface area contributed by atoms with Gasteiger partial charge in [0.05, 0.1) is 23.0 Å². The minimum Gasteiger partial charge on any atom is -0.330 e. The van der Waals surface area contributed by atoms with E-state index in [2.05, 4.69) is 10.1 Å². The summed E-state index contributed by atoms with van der Waals surface area (Å²) in [7, 11) is 1.72. The summed E-state index contributed by atoms with van der Waals surface area (Å²) in [5.41, 5.74) is 3.48. The van der Waals surface area contributed by atoms with E-state index >= 15 is 0 Å². The number of benzene rings is 1. The quantitative estimate of drug-likeness (QED) is 0.476. The van der Waals surface area contributed by atoms with Gasteiger partial charge in [-0.3, -0.25) is 9.48 Å². The van der Waals surface area contributed by atoms with E-state index in [1.54, 1.807) is 35.0 Å². The van der Waals surface area contributed by atoms with Gasteiger partial charge in [-0.15, -0.1) is 0 Å². The van der Waals surface area contributed by atoms with Crippen LogP contribution >= 0.6 is 0 Å². The van der Waals surface area contributed by atoms with Gasteiger partial charge < -0.3 is 9.47 Å². The first kappa shape index (κ1) is 20.3. The fourth-order valence-corrected chi connectivity index (χ4v) is 4.60. The van der Waals surface area contributed by atoms with E-state index in [0.717, 1.165) is 11.6 Å². The molecular formula is C23H20F3N5O. The summed E-state index contributed by atoms with van der Waals surface area (Å²) in [5.74, 6) is -1.51. The number of alkyl halides is 1. The second-order valence-corrected chi connectivity index (χ2v) is 7.92. The first-order valence-corrected chi connectivity index (χ1v) is 10.2. The van der Waals surface area contributed by atoms with E-state index in [-0.39, 0.29) is 11.9 Å². The Morgan fingerprint density at radius 1 is 1.19 bits per heavy atom. The van der Waals surface area contributed by atoms with Gasteiger partial charge >= 0.3 is 0 Å². The third kappa shape index (κ3) is 3.07. The summed E-state index contributed by atoms with van der Waals surface area (Å²) < 4.78 is 43.8. The van der Waals surface area contributed by atoms with Crippen LogP contribution in [0.25, 0.3) is 22.3 Å². The molecule has 0 aliphatic carbocycles. The number of halogens is 3. The van der Waals surface area contributed by atoms with Crippen molar-refractivity contribution in [2.45, 2.75) is 26.2 Å². The number of aromatic nitrogens is 4. The first-order chi connectivity index (χ1) is 15.4. The fraction of sp³-hybridized carbons (Fsp3) is 0.261. The van der Waals surface area contributed by atoms with Gasteiger partial charge in [-0.2, -0.15) is 5.10 Å². The van der Waals surface area contributed by atoms with Crippen LogP contribution in [0.4, 0.5) is 13.2 Å². The van der Waals surface area contributed by atoms with E-state index < -0.39 is 18.4 Å². The van der Waals surface area contributed by atoms with E-state index in [0.29, 0.717) is 46.5 Å². The van der Waals surface area contributed by atoms with Crippen LogP contribution in [-0.4, -0.2) is 36.7 Å². The molecule has 164 valence electrons. The molecule has 6 nitrogen and oxygen atoms in total. The lowest BCUT2D eigenvalue weighted by Crippen LogP contribution is -2.39. The smallest absolute Gasteiger partial charge is 0.255 e. The molecule has 0 saturated carbocycles. The normalized spacial score (nSPS) is 15.9. The van der Waals surface area contributed by atoms with E-state index in [4.69, 9.17) is 0 Å². The average Bonchev–Trinajstić information content (AvgIpc) is 3.33. The predicted molar refractivity (Wildman–Crippen MR) is 113 cm³/mol. The van der Waals surface area contributed by atoms with Crippen LogP contribution in [0.1, 0.15) is 34.6 Å². The summed E-state index contributed by atoms with van der Waals surface area (Å²) in [4.78, 5) is 19.4. The maximum absolute atomic E-state index is 13.8. The van der Waals surface area contributed by atoms with Crippen molar-refractivity contribution in [3.8, 4) is 11.3 Å². The molecule has 4 aromatic rings. The highest BCUT2D eigenvalue weighted by Crippen LogP contribution is 2.37. The fourth-order valence-electron chi connectivity index (χ4n) is 4.60. The predicted octanol–water partition coefficient (Wildman–Crippen LogP) is 4.40. The Bertz CT molecular complexity index is 1340. The van der Waals surface area contributed by atoms with Crippen LogP contribution < -0.4 is 0 Å². The molecule has 0 N–H and O–H groups in total. The summed E-state index contributed by atoms with van der Waals surface area (Å²) in [5, 5.41) is 5.17. The zero-order chi connectivity index (χ0) is 22.6. The largest absolute Gasteiger partial charge is 0.330 e. The molecule has 32 heavy (non-hydrogen) atoms. The number of hydrogen-bond donors (Lipinski definition) is 0. The van der Waals surface area contributed by atoms with Gasteiger partial charge in [-0.1, -0.05) is 0 Å². The van der Waals surface area contributed by atoms with Crippen LogP contribution in [0.2, 0.25) is 0 Å². The molecule has 9 heteroatoms. The van der Waals surface area contributed by atoms with Gasteiger partial charge in [-0.25, -0.2) is 18.2 Å². The van der Waals surface area contributed by atoms with Crippen molar-refractivity contribution in [3.05, 3.63) is 71.2 Å². The van der Waals surface area contributed by atoms with Crippen molar-refractivity contribution < 1.29 is 18.0 Å². The van der Waals surface area contributed by atoms with Crippen molar-refractivity contribution in [1.82, 2.24) is 24.2 Å². The molecule has 0 radical (unpaired) electrons. The number of pyridine rings is 1. The molecule has 1 aliphatic heterocycles. The van der Waals surface area contributed by atoms with Crippen molar-refractivity contribution in [2.75, 3.05) is 6.54 Å². The Morgan fingerprint density at radius 2 is 1.94 bits per heavy atom. The topological polar surface area (TPSA) is 56.0 Å². The number of hydrogen-bond acceptors (Lipinski definition) is 3. The first-order valence-electron chi connectivity index (χ1n) is 10.2. The second kappa shape index (κ2) is 7.51. The highest BCUT2D eigenvalue weighted by molar-refractivity contribution is 6.05. The maximum atomic E-state index is 13.8. The highest BCUT2D eigenvalue weighted by atomic mass is 19.1. The molecule has 0 bridgehead atoms. The third-order valence-electron chi connectivity index (χ3n) is 6.06. The van der Waals surface area contributed by atoms with Crippen LogP contribution in [0.15, 0.2) is 42.7 Å². The Kier molecular flexibility index (Phi) is 4.76. The highest BCUT2D eigenvalue weighted by Gasteiger charge is 2.34. The van der Waals surface area contributed by atoms with E-state index in [1.165, 1.54) is 22.9 Å². The Morgan fingerprint density at radius 3 is 2.66 bits per heavy atom. The zero-order valence-corrected chi connectivity index (χ0v) is 17.5. The summed E-state index contributed by atoms with van der Waals surface area (Å²) in [6.45, 7) is 1.57. The molecule has 5 rings (SSSR count). The summed E-state index contributed by atoms with van der Waals surface area (Å²) >= 11 is 0. The molecule has 1 atom stereocenters. The van der Waals surface area contributed by atoms with Crippen LogP contribution in [0.3, 0.4) is 0 Å². The molecule has 1 aromatic carbocycles. The Labute approximate surface area is 181 Å². The minimum absolute atomic E-state index is 0.198. The van der Waals surface area contributed by atoms with Crippen molar-refractivity contribution >= 4 is 16.9 Å². The van der Waals surface area contributed by atoms with Gasteiger partial charge in [0, 0.05) is 48.6 Å². The van der Waals surface area contributed by atoms with E-state index in [9.17, 15) is 18.0 Å². The Hall–Kier alpha value is -3.62. The molecule has 3 aromatic heterocycles. The molecule has 0 spiro atoms. The van der Waals surface area contributed by atoms with Gasteiger partial charge in [0.2, 0.25) is 0 Å². The summed E-state index contributed by atoms with van der Waals surface area (Å²) in [6, 6.07) is 6.37. The molecule has 1 amide bonds. The number of amides is 1. The minimum atomic E-state index is -0.727. The molecular weight excluding hydrogens is 419 g/mol. The van der Waals surface area contributed by atoms with Crippen molar-refractivity contribution in [1.29, 1.82) is 0 Å². The van der Waals surface area contributed by atoms with Gasteiger partial charge in [0.15, 0.2) is 6.80 Å². The van der Waals surface area contributed by atoms with E-state index in [1.807, 2.05) is 6.92 Å². The number of carbonyl (C=O) groups excluding carboxylic acids is 1. The SMILES string of the molecule is C[C@H]1c2nn(C)c(-c3cc(F)cc(F)c3)c2CCN1C(=O)c1ccnc2c1ccn2CF. The van der Waals surface area contributed by atoms with Crippen molar-refractivity contribution in [2.24, 2.45) is 7.05 Å². The van der Waals surface area contributed by atoms with Crippen LogP contribution in [0, 0.1) is 11.6 Å². The van der Waals surface area contributed by atoms with Crippen molar-refractivity contribution in [3.63, 3.8) is 0 Å². The number of nitrogens with zero attached hydrogens (tertiary/aromatic N) is 5. The monoisotopic (exact) mass is 439 g/mol. The molecule has 0 fully saturated rings.